The summed E-state index contributed by atoms with van der Waals surface area (Å²) in [6, 6.07) is 14.3. The number of rotatable bonds is 4. The summed E-state index contributed by atoms with van der Waals surface area (Å²) >= 11 is 0. The van der Waals surface area contributed by atoms with E-state index in [1.165, 1.54) is 5.56 Å². The van der Waals surface area contributed by atoms with Crippen LogP contribution in [0, 0.1) is 6.92 Å². The highest BCUT2D eigenvalue weighted by atomic mass is 16.5. The van der Waals surface area contributed by atoms with Crippen molar-refractivity contribution in [3.63, 3.8) is 0 Å². The van der Waals surface area contributed by atoms with E-state index in [9.17, 15) is 4.79 Å². The number of fused-ring (bicyclic) bond motifs is 1. The molecule has 142 valence electrons. The van der Waals surface area contributed by atoms with Crippen molar-refractivity contribution in [3.8, 4) is 11.5 Å². The van der Waals surface area contributed by atoms with E-state index in [4.69, 9.17) is 9.47 Å². The van der Waals surface area contributed by atoms with Crippen LogP contribution in [-0.2, 0) is 16.8 Å². The predicted octanol–water partition coefficient (Wildman–Crippen LogP) is 4.28. The molecule has 0 atom stereocenters. The summed E-state index contributed by atoms with van der Waals surface area (Å²) in [5.74, 6) is 1.70. The second-order valence-corrected chi connectivity index (χ2v) is 7.67. The van der Waals surface area contributed by atoms with Crippen molar-refractivity contribution in [1.29, 1.82) is 0 Å². The molecule has 1 aliphatic carbocycles. The first-order valence-corrected chi connectivity index (χ1v) is 9.91. The molecule has 1 N–H and O–H groups in total. The minimum absolute atomic E-state index is 0.137. The third-order valence-electron chi connectivity index (χ3n) is 5.73. The summed E-state index contributed by atoms with van der Waals surface area (Å²) in [6.07, 6.45) is 4.93. The third-order valence-corrected chi connectivity index (χ3v) is 5.73. The van der Waals surface area contributed by atoms with Gasteiger partial charge in [0.15, 0.2) is 11.5 Å². The third kappa shape index (κ3) is 3.66. The van der Waals surface area contributed by atoms with Gasteiger partial charge in [-0.3, -0.25) is 4.79 Å². The van der Waals surface area contributed by atoms with Gasteiger partial charge in [-0.25, -0.2) is 0 Å². The van der Waals surface area contributed by atoms with Crippen molar-refractivity contribution >= 4 is 5.91 Å². The highest BCUT2D eigenvalue weighted by Crippen LogP contribution is 2.41. The summed E-state index contributed by atoms with van der Waals surface area (Å²) in [5, 5.41) is 3.19. The standard InChI is InChI=1S/C23H27NO3/c1-17-6-4-7-19(14-17)23(10-2-3-11-23)22(25)24-16-18-8-9-20-21(15-18)27-13-5-12-26-20/h4,6-9,14-15H,2-3,5,10-13,16H2,1H3,(H,24,25). The molecule has 0 saturated heterocycles. The van der Waals surface area contributed by atoms with Crippen LogP contribution in [0.15, 0.2) is 42.5 Å². The molecule has 1 heterocycles. The van der Waals surface area contributed by atoms with Gasteiger partial charge in [0.1, 0.15) is 0 Å². The lowest BCUT2D eigenvalue weighted by Crippen LogP contribution is -2.42. The van der Waals surface area contributed by atoms with E-state index in [1.54, 1.807) is 0 Å². The molecular weight excluding hydrogens is 338 g/mol. The second kappa shape index (κ2) is 7.63. The van der Waals surface area contributed by atoms with Crippen LogP contribution in [0.3, 0.4) is 0 Å². The minimum atomic E-state index is -0.392. The minimum Gasteiger partial charge on any atom is -0.490 e. The van der Waals surface area contributed by atoms with Crippen LogP contribution in [0.2, 0.25) is 0 Å². The zero-order valence-corrected chi connectivity index (χ0v) is 15.9. The maximum atomic E-state index is 13.2. The Labute approximate surface area is 160 Å². The number of carbonyl (C=O) groups excluding carboxylic acids is 1. The fourth-order valence-electron chi connectivity index (χ4n) is 4.24. The monoisotopic (exact) mass is 365 g/mol. The number of amides is 1. The molecule has 0 bridgehead atoms. The van der Waals surface area contributed by atoms with Crippen LogP contribution >= 0.6 is 0 Å². The van der Waals surface area contributed by atoms with E-state index in [2.05, 4.69) is 36.5 Å². The zero-order valence-electron chi connectivity index (χ0n) is 15.9. The molecule has 4 heteroatoms. The van der Waals surface area contributed by atoms with E-state index in [-0.39, 0.29) is 5.91 Å². The smallest absolute Gasteiger partial charge is 0.230 e. The van der Waals surface area contributed by atoms with Crippen molar-refractivity contribution in [2.75, 3.05) is 13.2 Å². The molecule has 1 amide bonds. The van der Waals surface area contributed by atoms with Gasteiger partial charge in [0.2, 0.25) is 5.91 Å². The van der Waals surface area contributed by atoms with Crippen molar-refractivity contribution in [3.05, 3.63) is 59.2 Å². The van der Waals surface area contributed by atoms with Crippen molar-refractivity contribution in [1.82, 2.24) is 5.32 Å². The van der Waals surface area contributed by atoms with Gasteiger partial charge in [-0.05, 0) is 43.0 Å². The Morgan fingerprint density at radius 2 is 1.78 bits per heavy atom. The van der Waals surface area contributed by atoms with Crippen LogP contribution in [0.1, 0.15) is 48.8 Å². The van der Waals surface area contributed by atoms with Crippen LogP contribution in [0.25, 0.3) is 0 Å². The molecule has 1 saturated carbocycles. The number of ether oxygens (including phenoxy) is 2. The SMILES string of the molecule is Cc1cccc(C2(C(=O)NCc3ccc4c(c3)OCCCO4)CCCC2)c1. The molecule has 2 aromatic rings. The van der Waals surface area contributed by atoms with Crippen LogP contribution in [-0.4, -0.2) is 19.1 Å². The molecule has 2 aliphatic rings. The first kappa shape index (κ1) is 17.9. The van der Waals surface area contributed by atoms with Crippen LogP contribution in [0.4, 0.5) is 0 Å². The largest absolute Gasteiger partial charge is 0.490 e. The van der Waals surface area contributed by atoms with Gasteiger partial charge < -0.3 is 14.8 Å². The number of aryl methyl sites for hydroxylation is 1. The predicted molar refractivity (Wildman–Crippen MR) is 105 cm³/mol. The molecule has 1 aliphatic heterocycles. The van der Waals surface area contributed by atoms with E-state index < -0.39 is 5.41 Å². The summed E-state index contributed by atoms with van der Waals surface area (Å²) in [7, 11) is 0. The zero-order chi connectivity index (χ0) is 18.7. The van der Waals surface area contributed by atoms with Crippen LogP contribution in [0.5, 0.6) is 11.5 Å². The maximum absolute atomic E-state index is 13.2. The fraction of sp³-hybridized carbons (Fsp3) is 0.435. The lowest BCUT2D eigenvalue weighted by Gasteiger charge is -2.28. The van der Waals surface area contributed by atoms with E-state index in [0.29, 0.717) is 19.8 Å². The molecule has 0 spiro atoms. The number of benzene rings is 2. The van der Waals surface area contributed by atoms with Gasteiger partial charge in [0, 0.05) is 13.0 Å². The Balaban J connectivity index is 1.50. The number of hydrogen-bond acceptors (Lipinski definition) is 3. The van der Waals surface area contributed by atoms with Crippen molar-refractivity contribution in [2.24, 2.45) is 0 Å². The summed E-state index contributed by atoms with van der Waals surface area (Å²) in [4.78, 5) is 13.2. The molecule has 4 nitrogen and oxygen atoms in total. The van der Waals surface area contributed by atoms with Gasteiger partial charge in [0.05, 0.1) is 18.6 Å². The molecule has 4 rings (SSSR count). The van der Waals surface area contributed by atoms with Gasteiger partial charge in [0.25, 0.3) is 0 Å². The Morgan fingerprint density at radius 1 is 1.00 bits per heavy atom. The number of carbonyl (C=O) groups is 1. The first-order valence-electron chi connectivity index (χ1n) is 9.91. The highest BCUT2D eigenvalue weighted by molar-refractivity contribution is 5.88. The number of nitrogens with one attached hydrogen (secondary N) is 1. The summed E-state index contributed by atoms with van der Waals surface area (Å²) in [6.45, 7) is 3.94. The Kier molecular flexibility index (Phi) is 5.06. The van der Waals surface area contributed by atoms with Gasteiger partial charge in [-0.15, -0.1) is 0 Å². The first-order chi connectivity index (χ1) is 13.2. The highest BCUT2D eigenvalue weighted by Gasteiger charge is 2.42. The Bertz CT molecular complexity index is 824. The lowest BCUT2D eigenvalue weighted by atomic mass is 9.77. The number of hydrogen-bond donors (Lipinski definition) is 1. The van der Waals surface area contributed by atoms with Gasteiger partial charge in [-0.1, -0.05) is 48.7 Å². The molecule has 0 unspecified atom stereocenters. The summed E-state index contributed by atoms with van der Waals surface area (Å²) in [5.41, 5.74) is 2.99. The molecule has 1 fully saturated rings. The van der Waals surface area contributed by atoms with E-state index in [1.807, 2.05) is 18.2 Å². The van der Waals surface area contributed by atoms with Gasteiger partial charge in [-0.2, -0.15) is 0 Å². The van der Waals surface area contributed by atoms with Crippen molar-refractivity contribution < 1.29 is 14.3 Å². The Morgan fingerprint density at radius 3 is 2.56 bits per heavy atom. The molecule has 0 radical (unpaired) electrons. The van der Waals surface area contributed by atoms with E-state index >= 15 is 0 Å². The summed E-state index contributed by atoms with van der Waals surface area (Å²) < 4.78 is 11.4. The quantitative estimate of drug-likeness (QED) is 0.879. The molecule has 2 aromatic carbocycles. The molecular formula is C23H27NO3. The topological polar surface area (TPSA) is 47.6 Å². The second-order valence-electron chi connectivity index (χ2n) is 7.67. The molecule has 27 heavy (non-hydrogen) atoms. The maximum Gasteiger partial charge on any atom is 0.230 e. The van der Waals surface area contributed by atoms with Crippen LogP contribution < -0.4 is 14.8 Å². The van der Waals surface area contributed by atoms with Gasteiger partial charge >= 0.3 is 0 Å². The Hall–Kier alpha value is -2.49. The fourth-order valence-corrected chi connectivity index (χ4v) is 4.24. The van der Waals surface area contributed by atoms with E-state index in [0.717, 1.165) is 54.7 Å². The average Bonchev–Trinajstić information content (AvgIpc) is 3.07. The molecule has 0 aromatic heterocycles. The lowest BCUT2D eigenvalue weighted by molar-refractivity contribution is -0.126. The normalized spacial score (nSPS) is 18.0. The van der Waals surface area contributed by atoms with Crippen molar-refractivity contribution in [2.45, 2.75) is 51.0 Å². The average molecular weight is 365 g/mol.